The van der Waals surface area contributed by atoms with Crippen LogP contribution in [0.2, 0.25) is 0 Å². The summed E-state index contributed by atoms with van der Waals surface area (Å²) >= 11 is 0. The van der Waals surface area contributed by atoms with Gasteiger partial charge in [-0.05, 0) is 82.0 Å². The second kappa shape index (κ2) is 12.7. The number of ether oxygens (including phenoxy) is 1. The zero-order chi connectivity index (χ0) is 29.2. The summed E-state index contributed by atoms with van der Waals surface area (Å²) in [4.78, 5) is 2.14. The SMILES string of the molecule is CN(C)c1cccc(Oc2ccc3ccccc3c2-c2c(P(C3CCCCC3)C3CCCCC3)ccc3ccccc23)c1. The standard InChI is InChI=1S/C40H44NOP/c1-41(2)31-16-13-17-32(28-31)42-37-26-24-29-14-9-11-22-35(29)39(37)40-36-23-12-10-15-30(36)25-27-38(40)43(33-18-5-3-6-19-33)34-20-7-4-8-21-34/h9-17,22-28,33-34H,3-8,18-21H2,1-2H3. The quantitative estimate of drug-likeness (QED) is 0.176. The molecule has 220 valence electrons. The van der Waals surface area contributed by atoms with Crippen LogP contribution in [0.15, 0.2) is 97.1 Å². The lowest BCUT2D eigenvalue weighted by Crippen LogP contribution is -2.27. The first-order valence-electron chi connectivity index (χ1n) is 16.4. The largest absolute Gasteiger partial charge is 0.457 e. The van der Waals surface area contributed by atoms with Crippen molar-refractivity contribution in [2.45, 2.75) is 75.5 Å². The van der Waals surface area contributed by atoms with Gasteiger partial charge in [0.15, 0.2) is 0 Å². The molecular formula is C40H44NOP. The van der Waals surface area contributed by atoms with E-state index in [1.54, 1.807) is 5.30 Å². The van der Waals surface area contributed by atoms with Gasteiger partial charge in [0, 0.05) is 37.0 Å². The number of anilines is 1. The molecule has 5 aromatic carbocycles. The van der Waals surface area contributed by atoms with E-state index in [2.05, 4.69) is 116 Å². The highest BCUT2D eigenvalue weighted by Crippen LogP contribution is 2.57. The van der Waals surface area contributed by atoms with Gasteiger partial charge >= 0.3 is 0 Å². The molecule has 0 amide bonds. The van der Waals surface area contributed by atoms with Crippen LogP contribution in [-0.2, 0) is 0 Å². The van der Waals surface area contributed by atoms with Gasteiger partial charge in [-0.3, -0.25) is 0 Å². The van der Waals surface area contributed by atoms with Gasteiger partial charge in [-0.15, -0.1) is 0 Å². The molecule has 0 atom stereocenters. The molecule has 0 bridgehead atoms. The van der Waals surface area contributed by atoms with E-state index in [1.165, 1.54) is 96.9 Å². The maximum atomic E-state index is 6.92. The van der Waals surface area contributed by atoms with Crippen LogP contribution in [0.5, 0.6) is 11.5 Å². The van der Waals surface area contributed by atoms with Crippen molar-refractivity contribution in [1.29, 1.82) is 0 Å². The Morgan fingerprint density at radius 3 is 1.79 bits per heavy atom. The fourth-order valence-corrected chi connectivity index (χ4v) is 11.7. The van der Waals surface area contributed by atoms with Crippen molar-refractivity contribution in [2.24, 2.45) is 0 Å². The van der Waals surface area contributed by atoms with E-state index in [-0.39, 0.29) is 7.92 Å². The average Bonchev–Trinajstić information content (AvgIpc) is 3.06. The first-order chi connectivity index (χ1) is 21.2. The number of hydrogen-bond acceptors (Lipinski definition) is 2. The number of rotatable bonds is 7. The third-order valence-electron chi connectivity index (χ3n) is 9.82. The molecule has 5 aromatic rings. The maximum Gasteiger partial charge on any atom is 0.135 e. The van der Waals surface area contributed by atoms with Crippen LogP contribution in [0.25, 0.3) is 32.7 Å². The summed E-state index contributed by atoms with van der Waals surface area (Å²) in [7, 11) is 3.86. The lowest BCUT2D eigenvalue weighted by Gasteiger charge is -2.40. The lowest BCUT2D eigenvalue weighted by molar-refractivity contribution is 0.485. The van der Waals surface area contributed by atoms with Gasteiger partial charge in [0.1, 0.15) is 11.5 Å². The lowest BCUT2D eigenvalue weighted by atomic mass is 9.93. The molecular weight excluding hydrogens is 541 g/mol. The van der Waals surface area contributed by atoms with Gasteiger partial charge in [0.2, 0.25) is 0 Å². The molecule has 0 N–H and O–H groups in total. The minimum Gasteiger partial charge on any atom is -0.457 e. The number of nitrogens with zero attached hydrogens (tertiary/aromatic N) is 1. The Hall–Kier alpha value is -3.35. The molecule has 0 aliphatic heterocycles. The van der Waals surface area contributed by atoms with Crippen molar-refractivity contribution < 1.29 is 4.74 Å². The van der Waals surface area contributed by atoms with E-state index in [0.717, 1.165) is 28.5 Å². The van der Waals surface area contributed by atoms with Gasteiger partial charge < -0.3 is 9.64 Å². The van der Waals surface area contributed by atoms with Crippen molar-refractivity contribution in [3.8, 4) is 22.6 Å². The van der Waals surface area contributed by atoms with E-state index >= 15 is 0 Å². The number of benzene rings is 5. The Morgan fingerprint density at radius 2 is 1.16 bits per heavy atom. The first kappa shape index (κ1) is 28.4. The van der Waals surface area contributed by atoms with Crippen molar-refractivity contribution in [2.75, 3.05) is 19.0 Å². The summed E-state index contributed by atoms with van der Waals surface area (Å²) < 4.78 is 6.92. The van der Waals surface area contributed by atoms with Crippen LogP contribution in [0, 0.1) is 0 Å². The fourth-order valence-electron chi connectivity index (χ4n) is 7.69. The minimum absolute atomic E-state index is 0.313. The molecule has 0 aromatic heterocycles. The van der Waals surface area contributed by atoms with E-state index in [0.29, 0.717) is 0 Å². The summed E-state index contributed by atoms with van der Waals surface area (Å²) in [5.41, 5.74) is 5.48. The van der Waals surface area contributed by atoms with E-state index in [4.69, 9.17) is 4.74 Å². The van der Waals surface area contributed by atoms with Gasteiger partial charge in [-0.25, -0.2) is 0 Å². The minimum atomic E-state index is -0.313. The molecule has 2 aliphatic carbocycles. The third kappa shape index (κ3) is 5.80. The van der Waals surface area contributed by atoms with Gasteiger partial charge in [0.25, 0.3) is 0 Å². The van der Waals surface area contributed by atoms with Crippen LogP contribution in [0.1, 0.15) is 64.2 Å². The normalized spacial score (nSPS) is 16.6. The summed E-state index contributed by atoms with van der Waals surface area (Å²) in [5.74, 6) is 1.83. The molecule has 3 heteroatoms. The third-order valence-corrected chi connectivity index (χ3v) is 13.4. The zero-order valence-electron chi connectivity index (χ0n) is 25.8. The molecule has 2 saturated carbocycles. The van der Waals surface area contributed by atoms with Gasteiger partial charge in [0.05, 0.1) is 0 Å². The van der Waals surface area contributed by atoms with Crippen LogP contribution < -0.4 is 14.9 Å². The number of fused-ring (bicyclic) bond motifs is 2. The molecule has 0 unspecified atom stereocenters. The summed E-state index contributed by atoms with van der Waals surface area (Å²) in [5, 5.41) is 6.85. The van der Waals surface area contributed by atoms with E-state index < -0.39 is 0 Å². The predicted molar refractivity (Wildman–Crippen MR) is 188 cm³/mol. The van der Waals surface area contributed by atoms with Gasteiger partial charge in [-0.1, -0.05) is 119 Å². The van der Waals surface area contributed by atoms with E-state index in [1.807, 2.05) is 0 Å². The average molecular weight is 586 g/mol. The second-order valence-corrected chi connectivity index (χ2v) is 15.6. The Kier molecular flexibility index (Phi) is 8.40. The molecule has 0 heterocycles. The molecule has 2 aliphatic rings. The highest BCUT2D eigenvalue weighted by molar-refractivity contribution is 7.67. The topological polar surface area (TPSA) is 12.5 Å². The Morgan fingerprint density at radius 1 is 0.581 bits per heavy atom. The Balaban J connectivity index is 1.49. The van der Waals surface area contributed by atoms with Crippen LogP contribution >= 0.6 is 7.92 Å². The predicted octanol–water partition coefficient (Wildman–Crippen LogP) is 11.3. The van der Waals surface area contributed by atoms with Crippen molar-refractivity contribution in [3.05, 3.63) is 97.1 Å². The maximum absolute atomic E-state index is 6.92. The first-order valence-corrected chi connectivity index (χ1v) is 17.9. The summed E-state index contributed by atoms with van der Waals surface area (Å²) in [6.07, 6.45) is 14.0. The molecule has 2 fully saturated rings. The van der Waals surface area contributed by atoms with Crippen LogP contribution in [0.4, 0.5) is 5.69 Å². The van der Waals surface area contributed by atoms with Gasteiger partial charge in [-0.2, -0.15) is 0 Å². The molecule has 2 nitrogen and oxygen atoms in total. The molecule has 0 spiro atoms. The molecule has 43 heavy (non-hydrogen) atoms. The highest BCUT2D eigenvalue weighted by Gasteiger charge is 2.35. The fraction of sp³-hybridized carbons (Fsp3) is 0.350. The molecule has 7 rings (SSSR count). The van der Waals surface area contributed by atoms with Crippen molar-refractivity contribution >= 4 is 40.5 Å². The summed E-state index contributed by atoms with van der Waals surface area (Å²) in [6.45, 7) is 0. The zero-order valence-corrected chi connectivity index (χ0v) is 26.7. The second-order valence-electron chi connectivity index (χ2n) is 12.8. The molecule has 0 radical (unpaired) electrons. The monoisotopic (exact) mass is 585 g/mol. The summed E-state index contributed by atoms with van der Waals surface area (Å²) in [6, 6.07) is 35.9. The van der Waals surface area contributed by atoms with Crippen molar-refractivity contribution in [1.82, 2.24) is 0 Å². The Labute approximate surface area is 258 Å². The highest BCUT2D eigenvalue weighted by atomic mass is 31.1. The van der Waals surface area contributed by atoms with Crippen LogP contribution in [-0.4, -0.2) is 25.4 Å². The van der Waals surface area contributed by atoms with Crippen molar-refractivity contribution in [3.63, 3.8) is 0 Å². The Bertz CT molecular complexity index is 1700. The van der Waals surface area contributed by atoms with Crippen LogP contribution in [0.3, 0.4) is 0 Å². The smallest absolute Gasteiger partial charge is 0.135 e. The number of hydrogen-bond donors (Lipinski definition) is 0. The van der Waals surface area contributed by atoms with E-state index in [9.17, 15) is 0 Å². The molecule has 0 saturated heterocycles.